The van der Waals surface area contributed by atoms with Gasteiger partial charge in [0, 0.05) is 18.2 Å². The maximum Gasteiger partial charge on any atom is 0.251 e. The molecular weight excluding hydrogens is 384 g/mol. The predicted molar refractivity (Wildman–Crippen MR) is 126 cm³/mol. The highest BCUT2D eigenvalue weighted by molar-refractivity contribution is 5.95. The zero-order valence-corrected chi connectivity index (χ0v) is 19.2. The summed E-state index contributed by atoms with van der Waals surface area (Å²) in [4.78, 5) is 14.7. The molecule has 1 aliphatic carbocycles. The number of hydrogen-bond acceptors (Lipinski definition) is 3. The summed E-state index contributed by atoms with van der Waals surface area (Å²) in [7, 11) is 0. The molecule has 1 saturated carbocycles. The molecule has 0 radical (unpaired) electrons. The van der Waals surface area contributed by atoms with E-state index in [1.54, 1.807) is 0 Å². The first-order valence-electron chi connectivity index (χ1n) is 11.7. The molecule has 2 aliphatic rings. The molecule has 1 heterocycles. The van der Waals surface area contributed by atoms with Gasteiger partial charge in [-0.05, 0) is 85.5 Å². The number of benzene rings is 2. The Hall–Kier alpha value is -2.33. The number of rotatable bonds is 7. The van der Waals surface area contributed by atoms with E-state index in [-0.39, 0.29) is 5.91 Å². The zero-order valence-electron chi connectivity index (χ0n) is 19.2. The summed E-state index contributed by atoms with van der Waals surface area (Å²) in [5.41, 5.74) is 3.34. The van der Waals surface area contributed by atoms with Crippen molar-refractivity contribution in [2.45, 2.75) is 52.5 Å². The molecule has 0 aromatic heterocycles. The van der Waals surface area contributed by atoms with Gasteiger partial charge in [-0.25, -0.2) is 0 Å². The van der Waals surface area contributed by atoms with Crippen LogP contribution in [0.15, 0.2) is 48.5 Å². The minimum atomic E-state index is 0.0297. The SMILES string of the molecule is CC(C)(C)CN1CCC(COc2ccc(-c3ccc(C(=O)NC4CC4)cc3)cc2)CC1. The van der Waals surface area contributed by atoms with Crippen molar-refractivity contribution < 1.29 is 9.53 Å². The monoisotopic (exact) mass is 420 g/mol. The van der Waals surface area contributed by atoms with Crippen LogP contribution in [0.4, 0.5) is 0 Å². The second-order valence-corrected chi connectivity index (χ2v) is 10.4. The normalized spacial score (nSPS) is 18.0. The van der Waals surface area contributed by atoms with Crippen molar-refractivity contribution in [3.8, 4) is 16.9 Å². The fraction of sp³-hybridized carbons (Fsp3) is 0.519. The van der Waals surface area contributed by atoms with Gasteiger partial charge in [-0.3, -0.25) is 4.79 Å². The zero-order chi connectivity index (χ0) is 21.8. The van der Waals surface area contributed by atoms with Gasteiger partial charge in [0.25, 0.3) is 5.91 Å². The van der Waals surface area contributed by atoms with Crippen molar-refractivity contribution in [2.75, 3.05) is 26.2 Å². The van der Waals surface area contributed by atoms with Gasteiger partial charge >= 0.3 is 0 Å². The second-order valence-electron chi connectivity index (χ2n) is 10.4. The van der Waals surface area contributed by atoms with E-state index in [2.05, 4.69) is 55.3 Å². The molecule has 0 bridgehead atoms. The van der Waals surface area contributed by atoms with Gasteiger partial charge in [0.2, 0.25) is 0 Å². The number of nitrogens with one attached hydrogen (secondary N) is 1. The molecule has 0 unspecified atom stereocenters. The number of amides is 1. The second kappa shape index (κ2) is 9.44. The average Bonchev–Trinajstić information content (AvgIpc) is 3.57. The maximum atomic E-state index is 12.1. The highest BCUT2D eigenvalue weighted by atomic mass is 16.5. The average molecular weight is 421 g/mol. The summed E-state index contributed by atoms with van der Waals surface area (Å²) in [5.74, 6) is 1.61. The summed E-state index contributed by atoms with van der Waals surface area (Å²) in [6.45, 7) is 11.3. The summed E-state index contributed by atoms with van der Waals surface area (Å²) in [5, 5.41) is 3.03. The molecule has 166 valence electrons. The quantitative estimate of drug-likeness (QED) is 0.654. The third-order valence-corrected chi connectivity index (χ3v) is 6.14. The molecule has 4 rings (SSSR count). The molecule has 1 aliphatic heterocycles. The molecule has 1 amide bonds. The van der Waals surface area contributed by atoms with E-state index >= 15 is 0 Å². The Morgan fingerprint density at radius 2 is 1.52 bits per heavy atom. The first-order chi connectivity index (χ1) is 14.9. The molecule has 4 heteroatoms. The molecule has 2 aromatic carbocycles. The highest BCUT2D eigenvalue weighted by Gasteiger charge is 2.24. The highest BCUT2D eigenvalue weighted by Crippen LogP contribution is 2.26. The third kappa shape index (κ3) is 6.57. The van der Waals surface area contributed by atoms with Crippen molar-refractivity contribution in [1.82, 2.24) is 10.2 Å². The molecule has 2 aromatic rings. The number of carbonyl (C=O) groups excluding carboxylic acids is 1. The van der Waals surface area contributed by atoms with E-state index in [0.717, 1.165) is 41.9 Å². The Morgan fingerprint density at radius 3 is 2.06 bits per heavy atom. The van der Waals surface area contributed by atoms with Crippen LogP contribution in [-0.2, 0) is 0 Å². The molecule has 2 fully saturated rings. The van der Waals surface area contributed by atoms with Crippen molar-refractivity contribution in [3.63, 3.8) is 0 Å². The van der Waals surface area contributed by atoms with E-state index in [1.807, 2.05) is 24.3 Å². The molecule has 1 saturated heterocycles. The Labute approximate surface area is 187 Å². The van der Waals surface area contributed by atoms with Gasteiger partial charge in [-0.1, -0.05) is 45.0 Å². The number of piperidine rings is 1. The largest absolute Gasteiger partial charge is 0.493 e. The summed E-state index contributed by atoms with van der Waals surface area (Å²) in [6, 6.07) is 16.5. The molecule has 31 heavy (non-hydrogen) atoms. The van der Waals surface area contributed by atoms with Crippen LogP contribution < -0.4 is 10.1 Å². The fourth-order valence-corrected chi connectivity index (χ4v) is 4.25. The van der Waals surface area contributed by atoms with Crippen LogP contribution in [0, 0.1) is 11.3 Å². The Morgan fingerprint density at radius 1 is 0.935 bits per heavy atom. The van der Waals surface area contributed by atoms with Crippen LogP contribution in [0.5, 0.6) is 5.75 Å². The maximum absolute atomic E-state index is 12.1. The first kappa shape index (κ1) is 21.9. The molecule has 1 N–H and O–H groups in total. The molecule has 0 spiro atoms. The smallest absolute Gasteiger partial charge is 0.251 e. The van der Waals surface area contributed by atoms with Gasteiger partial charge in [-0.15, -0.1) is 0 Å². The van der Waals surface area contributed by atoms with Crippen LogP contribution in [0.2, 0.25) is 0 Å². The van der Waals surface area contributed by atoms with Gasteiger partial charge in [-0.2, -0.15) is 0 Å². The standard InChI is InChI=1S/C27H36N2O2/c1-27(2,3)19-29-16-14-20(15-17-29)18-31-25-12-8-22(9-13-25)21-4-6-23(7-5-21)26(30)28-24-10-11-24/h4-9,12-13,20,24H,10-11,14-19H2,1-3H3,(H,28,30). The molecular formula is C27H36N2O2. The van der Waals surface area contributed by atoms with Crippen LogP contribution in [0.1, 0.15) is 56.8 Å². The topological polar surface area (TPSA) is 41.6 Å². The Bertz CT molecular complexity index is 856. The molecule has 0 atom stereocenters. The lowest BCUT2D eigenvalue weighted by atomic mass is 9.92. The fourth-order valence-electron chi connectivity index (χ4n) is 4.25. The Kier molecular flexibility index (Phi) is 6.66. The van der Waals surface area contributed by atoms with Crippen LogP contribution in [0.3, 0.4) is 0 Å². The van der Waals surface area contributed by atoms with E-state index in [0.29, 0.717) is 17.4 Å². The minimum absolute atomic E-state index is 0.0297. The lowest BCUT2D eigenvalue weighted by molar-refractivity contribution is 0.0951. The van der Waals surface area contributed by atoms with Crippen LogP contribution >= 0.6 is 0 Å². The van der Waals surface area contributed by atoms with Crippen LogP contribution in [-0.4, -0.2) is 43.1 Å². The predicted octanol–water partition coefficient (Wildman–Crippen LogP) is 5.38. The van der Waals surface area contributed by atoms with Gasteiger partial charge in [0.1, 0.15) is 5.75 Å². The lowest BCUT2D eigenvalue weighted by Crippen LogP contribution is -2.40. The van der Waals surface area contributed by atoms with Crippen molar-refractivity contribution in [1.29, 1.82) is 0 Å². The van der Waals surface area contributed by atoms with Gasteiger partial charge < -0.3 is 15.0 Å². The van der Waals surface area contributed by atoms with Crippen molar-refractivity contribution in [3.05, 3.63) is 54.1 Å². The van der Waals surface area contributed by atoms with E-state index in [4.69, 9.17) is 4.74 Å². The third-order valence-electron chi connectivity index (χ3n) is 6.14. The Balaban J connectivity index is 1.24. The van der Waals surface area contributed by atoms with Crippen molar-refractivity contribution in [2.24, 2.45) is 11.3 Å². The minimum Gasteiger partial charge on any atom is -0.493 e. The van der Waals surface area contributed by atoms with Gasteiger partial charge in [0.15, 0.2) is 0 Å². The van der Waals surface area contributed by atoms with Gasteiger partial charge in [0.05, 0.1) is 6.61 Å². The van der Waals surface area contributed by atoms with E-state index < -0.39 is 0 Å². The van der Waals surface area contributed by atoms with Crippen molar-refractivity contribution >= 4 is 5.91 Å². The summed E-state index contributed by atoms with van der Waals surface area (Å²) < 4.78 is 6.09. The molecule has 4 nitrogen and oxygen atoms in total. The number of hydrogen-bond donors (Lipinski definition) is 1. The van der Waals surface area contributed by atoms with E-state index in [9.17, 15) is 4.79 Å². The lowest BCUT2D eigenvalue weighted by Gasteiger charge is -2.35. The van der Waals surface area contributed by atoms with Crippen LogP contribution in [0.25, 0.3) is 11.1 Å². The first-order valence-corrected chi connectivity index (χ1v) is 11.7. The van der Waals surface area contributed by atoms with E-state index in [1.165, 1.54) is 32.5 Å². The summed E-state index contributed by atoms with van der Waals surface area (Å²) in [6.07, 6.45) is 4.65. The number of carbonyl (C=O) groups is 1. The number of nitrogens with zero attached hydrogens (tertiary/aromatic N) is 1. The number of likely N-dealkylation sites (tertiary alicyclic amines) is 1. The number of ether oxygens (including phenoxy) is 1. The summed E-state index contributed by atoms with van der Waals surface area (Å²) >= 11 is 0.